The van der Waals surface area contributed by atoms with Gasteiger partial charge in [0.2, 0.25) is 0 Å². The number of nitrogens with one attached hydrogen (secondary N) is 2. The van der Waals surface area contributed by atoms with Crippen LogP contribution in [0.4, 0.5) is 27.3 Å². The third-order valence-corrected chi connectivity index (χ3v) is 10.6. The average Bonchev–Trinajstić information content (AvgIpc) is 3.46. The Morgan fingerprint density at radius 2 is 1.83 bits per heavy atom. The molecule has 2 fully saturated rings. The molecule has 3 aromatic heterocycles. The summed E-state index contributed by atoms with van der Waals surface area (Å²) in [5.74, 6) is -0.254. The minimum Gasteiger partial charge on any atom is -0.392 e. The lowest BCUT2D eigenvalue weighted by Crippen LogP contribution is -2.63. The van der Waals surface area contributed by atoms with E-state index in [1.807, 2.05) is 18.2 Å². The van der Waals surface area contributed by atoms with Crippen LogP contribution in [-0.2, 0) is 30.7 Å². The van der Waals surface area contributed by atoms with E-state index in [9.17, 15) is 14.7 Å². The molecule has 2 unspecified atom stereocenters. The first-order valence-electron chi connectivity index (χ1n) is 16.8. The van der Waals surface area contributed by atoms with Gasteiger partial charge in [0, 0.05) is 48.7 Å². The first kappa shape index (κ1) is 30.8. The van der Waals surface area contributed by atoms with Crippen LogP contribution in [0.25, 0.3) is 11.1 Å². The van der Waals surface area contributed by atoms with Crippen LogP contribution in [0.1, 0.15) is 45.8 Å². The molecule has 250 valence electrons. The number of hydrogen-bond donors (Lipinski definition) is 3. The van der Waals surface area contributed by atoms with Crippen LogP contribution in [0.2, 0.25) is 0 Å². The van der Waals surface area contributed by atoms with Gasteiger partial charge < -0.3 is 34.5 Å². The predicted molar refractivity (Wildman–Crippen MR) is 182 cm³/mol. The molecule has 48 heavy (non-hydrogen) atoms. The molecule has 12 heteroatoms. The lowest BCUT2D eigenvalue weighted by Gasteiger charge is -2.48. The molecule has 3 aliphatic heterocycles. The second-order valence-corrected chi connectivity index (χ2v) is 13.4. The topological polar surface area (TPSA) is 119 Å². The smallest absolute Gasteiger partial charge is 0.274 e. The molecular weight excluding hydrogens is 613 g/mol. The van der Waals surface area contributed by atoms with Gasteiger partial charge in [-0.2, -0.15) is 0 Å². The molecule has 4 aromatic rings. The van der Waals surface area contributed by atoms with E-state index in [-0.39, 0.29) is 17.2 Å². The maximum Gasteiger partial charge on any atom is 0.274 e. The van der Waals surface area contributed by atoms with Crippen LogP contribution in [0.15, 0.2) is 47.4 Å². The number of carbonyl (C=O) groups is 1. The van der Waals surface area contributed by atoms with E-state index in [1.165, 1.54) is 23.4 Å². The van der Waals surface area contributed by atoms with Gasteiger partial charge in [-0.15, -0.1) is 0 Å². The summed E-state index contributed by atoms with van der Waals surface area (Å²) in [4.78, 5) is 40.7. The lowest BCUT2D eigenvalue weighted by molar-refractivity contribution is -0.0439. The maximum atomic E-state index is 15.4. The SMILES string of the molecule is Cc1[nH]c(=O)c(Nc2ccc(N3CC4COCC(C3)N4C)cn2)cc1-c1cc(F)cc(N2CCn3c(cc4c3CCCC4)C2=O)c1CO. The fourth-order valence-corrected chi connectivity index (χ4v) is 7.95. The molecule has 1 amide bonds. The number of aliphatic hydroxyl groups excluding tert-OH is 1. The normalized spacial score (nSPS) is 20.9. The standard InChI is InChI=1S/C36H40FN7O4/c1-21-27(14-30(35(46)39-21)40-34-8-7-24(15-38-34)42-16-25-19-48-20-26(17-42)41(25)2)28-12-23(37)13-32(29(28)18-45)44-10-9-43-31-6-4-3-5-22(31)11-33(43)36(44)47/h7-8,11-15,25-26,45H,3-6,9-10,16-20H2,1-2H3,(H,38,40)(H,39,46). The van der Waals surface area contributed by atoms with Crippen LogP contribution in [0.3, 0.4) is 0 Å². The van der Waals surface area contributed by atoms with Gasteiger partial charge in [0.1, 0.15) is 23.0 Å². The molecule has 0 saturated carbocycles. The molecule has 8 rings (SSSR count). The summed E-state index contributed by atoms with van der Waals surface area (Å²) in [6.45, 7) is 5.41. The number of anilines is 4. The number of morpholine rings is 1. The number of aliphatic hydroxyl groups is 1. The molecule has 6 heterocycles. The summed E-state index contributed by atoms with van der Waals surface area (Å²) in [7, 11) is 2.15. The number of likely N-dealkylation sites (N-methyl/N-ethyl adjacent to an activating group) is 1. The van der Waals surface area contributed by atoms with Gasteiger partial charge >= 0.3 is 0 Å². The first-order chi connectivity index (χ1) is 23.3. The molecule has 0 radical (unpaired) electrons. The number of aryl methyl sites for hydroxylation is 2. The highest BCUT2D eigenvalue weighted by molar-refractivity contribution is 6.07. The van der Waals surface area contributed by atoms with Gasteiger partial charge in [0.15, 0.2) is 0 Å². The predicted octanol–water partition coefficient (Wildman–Crippen LogP) is 3.98. The van der Waals surface area contributed by atoms with Crippen molar-refractivity contribution in [3.8, 4) is 11.1 Å². The number of aromatic amines is 1. The van der Waals surface area contributed by atoms with E-state index in [0.717, 1.165) is 44.5 Å². The van der Waals surface area contributed by atoms with Crippen LogP contribution in [-0.4, -0.2) is 82.4 Å². The Morgan fingerprint density at radius 3 is 2.58 bits per heavy atom. The number of fused-ring (bicyclic) bond motifs is 5. The number of pyridine rings is 2. The van der Waals surface area contributed by atoms with E-state index < -0.39 is 12.4 Å². The van der Waals surface area contributed by atoms with Gasteiger partial charge in [-0.1, -0.05) is 0 Å². The monoisotopic (exact) mass is 653 g/mol. The fourth-order valence-electron chi connectivity index (χ4n) is 7.95. The van der Waals surface area contributed by atoms with Crippen LogP contribution >= 0.6 is 0 Å². The highest BCUT2D eigenvalue weighted by atomic mass is 19.1. The Bertz CT molecular complexity index is 1940. The van der Waals surface area contributed by atoms with E-state index in [4.69, 9.17) is 4.74 Å². The fraction of sp³-hybridized carbons (Fsp3) is 0.417. The van der Waals surface area contributed by atoms with Crippen LogP contribution in [0, 0.1) is 12.7 Å². The van der Waals surface area contributed by atoms with Crippen molar-refractivity contribution in [2.75, 3.05) is 55.0 Å². The number of piperazine rings is 1. The van der Waals surface area contributed by atoms with E-state index in [2.05, 4.69) is 36.7 Å². The number of ether oxygens (including phenoxy) is 1. The Morgan fingerprint density at radius 1 is 1.04 bits per heavy atom. The third-order valence-electron chi connectivity index (χ3n) is 10.6. The number of amides is 1. The number of aromatic nitrogens is 3. The van der Waals surface area contributed by atoms with E-state index in [0.29, 0.717) is 78.0 Å². The largest absolute Gasteiger partial charge is 0.392 e. The molecule has 3 N–H and O–H groups in total. The van der Waals surface area contributed by atoms with E-state index in [1.54, 1.807) is 24.1 Å². The van der Waals surface area contributed by atoms with Crippen molar-refractivity contribution in [3.05, 3.63) is 87.0 Å². The summed E-state index contributed by atoms with van der Waals surface area (Å²) in [6.07, 6.45) is 5.95. The maximum absolute atomic E-state index is 15.4. The van der Waals surface area contributed by atoms with Crippen molar-refractivity contribution in [1.82, 2.24) is 19.4 Å². The van der Waals surface area contributed by atoms with Gasteiger partial charge in [0.25, 0.3) is 11.5 Å². The van der Waals surface area contributed by atoms with Crippen molar-refractivity contribution in [2.24, 2.45) is 0 Å². The number of H-pyrrole nitrogens is 1. The number of carbonyl (C=O) groups excluding carboxylic acids is 1. The minimum atomic E-state index is -0.540. The quantitative estimate of drug-likeness (QED) is 0.286. The second-order valence-electron chi connectivity index (χ2n) is 13.4. The number of benzene rings is 1. The summed E-state index contributed by atoms with van der Waals surface area (Å²) in [5, 5.41) is 13.8. The Kier molecular flexibility index (Phi) is 7.81. The summed E-state index contributed by atoms with van der Waals surface area (Å²) >= 11 is 0. The molecule has 1 aliphatic carbocycles. The average molecular weight is 654 g/mol. The Balaban J connectivity index is 1.08. The molecule has 11 nitrogen and oxygen atoms in total. The Hall–Kier alpha value is -4.52. The van der Waals surface area contributed by atoms with Crippen molar-refractivity contribution < 1.29 is 19.0 Å². The summed E-state index contributed by atoms with van der Waals surface area (Å²) in [6, 6.07) is 10.8. The third kappa shape index (κ3) is 5.28. The number of halogens is 1. The molecule has 2 bridgehead atoms. The van der Waals surface area contributed by atoms with Crippen molar-refractivity contribution in [2.45, 2.75) is 57.8 Å². The van der Waals surface area contributed by atoms with Crippen LogP contribution < -0.4 is 20.7 Å². The molecule has 4 aliphatic rings. The minimum absolute atomic E-state index is 0.204. The van der Waals surface area contributed by atoms with Crippen molar-refractivity contribution in [1.29, 1.82) is 0 Å². The molecule has 1 aromatic carbocycles. The number of hydrogen-bond acceptors (Lipinski definition) is 8. The van der Waals surface area contributed by atoms with Crippen molar-refractivity contribution in [3.63, 3.8) is 0 Å². The highest BCUT2D eigenvalue weighted by Gasteiger charge is 2.36. The molecule has 0 spiro atoms. The summed E-state index contributed by atoms with van der Waals surface area (Å²) in [5.41, 5.74) is 6.15. The summed E-state index contributed by atoms with van der Waals surface area (Å²) < 4.78 is 23.3. The van der Waals surface area contributed by atoms with Gasteiger partial charge in [-0.05, 0) is 87.2 Å². The van der Waals surface area contributed by atoms with Gasteiger partial charge in [-0.25, -0.2) is 9.37 Å². The zero-order chi connectivity index (χ0) is 33.1. The second kappa shape index (κ2) is 12.2. The zero-order valence-corrected chi connectivity index (χ0v) is 27.3. The number of nitrogens with zero attached hydrogens (tertiary/aromatic N) is 5. The van der Waals surface area contributed by atoms with Gasteiger partial charge in [-0.3, -0.25) is 14.5 Å². The zero-order valence-electron chi connectivity index (χ0n) is 27.3. The number of rotatable bonds is 6. The van der Waals surface area contributed by atoms with Crippen molar-refractivity contribution >= 4 is 28.8 Å². The molecule has 2 saturated heterocycles. The highest BCUT2D eigenvalue weighted by Crippen LogP contribution is 2.37. The first-order valence-corrected chi connectivity index (χ1v) is 16.8. The molecular formula is C36H40FN7O4. The van der Waals surface area contributed by atoms with Crippen LogP contribution in [0.5, 0.6) is 0 Å². The lowest BCUT2D eigenvalue weighted by atomic mass is 9.96. The molecule has 2 atom stereocenters. The Labute approximate surface area is 278 Å². The van der Waals surface area contributed by atoms with Gasteiger partial charge in [0.05, 0.1) is 49.5 Å². The van der Waals surface area contributed by atoms with E-state index >= 15 is 4.39 Å².